The van der Waals surface area contributed by atoms with E-state index in [9.17, 15) is 4.79 Å². The molecule has 0 aliphatic rings. The minimum Gasteiger partial charge on any atom is -0.309 e. The summed E-state index contributed by atoms with van der Waals surface area (Å²) in [7, 11) is 0. The van der Waals surface area contributed by atoms with E-state index in [1.54, 1.807) is 4.57 Å². The maximum Gasteiger partial charge on any atom is 0.326 e. The Kier molecular flexibility index (Phi) is 2.38. The molecule has 80 valence electrons. The van der Waals surface area contributed by atoms with Crippen LogP contribution in [0.2, 0.25) is 0 Å². The van der Waals surface area contributed by atoms with Gasteiger partial charge >= 0.3 is 5.69 Å². The summed E-state index contributed by atoms with van der Waals surface area (Å²) in [4.78, 5) is 14.5. The molecule has 1 aromatic rings. The van der Waals surface area contributed by atoms with Gasteiger partial charge in [0.05, 0.1) is 0 Å². The maximum atomic E-state index is 11.6. The average Bonchev–Trinajstić information content (AvgIpc) is 2.27. The highest BCUT2D eigenvalue weighted by molar-refractivity contribution is 5.10. The van der Waals surface area contributed by atoms with Crippen LogP contribution in [0.1, 0.15) is 47.2 Å². The Morgan fingerprint density at radius 2 is 1.64 bits per heavy atom. The molecule has 1 N–H and O–H groups in total. The monoisotopic (exact) mass is 196 g/mol. The van der Waals surface area contributed by atoms with Gasteiger partial charge in [-0.15, -0.1) is 0 Å². The van der Waals surface area contributed by atoms with Gasteiger partial charge in [-0.25, -0.2) is 4.79 Å². The van der Waals surface area contributed by atoms with Crippen LogP contribution < -0.4 is 5.69 Å². The van der Waals surface area contributed by atoms with Crippen molar-refractivity contribution in [3.05, 3.63) is 22.4 Å². The molecule has 3 heteroatoms. The normalized spacial score (nSPS) is 13.3. The molecule has 1 rings (SSSR count). The molecule has 0 fully saturated rings. The number of imidazole rings is 1. The summed E-state index contributed by atoms with van der Waals surface area (Å²) in [5.74, 6) is 0. The van der Waals surface area contributed by atoms with Gasteiger partial charge in [0.2, 0.25) is 0 Å². The standard InChI is InChI=1S/C11H20N2O/c1-10(2,3)8-7-13(9(14)12-8)11(4,5)6/h7H,1-6H3,(H,12,14). The summed E-state index contributed by atoms with van der Waals surface area (Å²) < 4.78 is 1.74. The first-order chi connectivity index (χ1) is 6.12. The minimum atomic E-state index is -0.156. The SMILES string of the molecule is CC(C)(C)c1cn(C(C)(C)C)c(=O)[nH]1. The lowest BCUT2D eigenvalue weighted by atomic mass is 9.93. The van der Waals surface area contributed by atoms with E-state index in [-0.39, 0.29) is 16.6 Å². The number of hydrogen-bond acceptors (Lipinski definition) is 1. The molecule has 0 radical (unpaired) electrons. The van der Waals surface area contributed by atoms with E-state index in [0.29, 0.717) is 0 Å². The molecule has 0 aliphatic heterocycles. The summed E-state index contributed by atoms with van der Waals surface area (Å²) >= 11 is 0. The van der Waals surface area contributed by atoms with Gasteiger partial charge in [0, 0.05) is 22.8 Å². The van der Waals surface area contributed by atoms with Gasteiger partial charge in [0.15, 0.2) is 0 Å². The van der Waals surface area contributed by atoms with Crippen molar-refractivity contribution >= 4 is 0 Å². The van der Waals surface area contributed by atoms with Crippen LogP contribution in [-0.4, -0.2) is 9.55 Å². The van der Waals surface area contributed by atoms with Gasteiger partial charge in [-0.3, -0.25) is 4.57 Å². The lowest BCUT2D eigenvalue weighted by molar-refractivity contribution is 0.384. The Morgan fingerprint density at radius 3 is 1.86 bits per heavy atom. The highest BCUT2D eigenvalue weighted by atomic mass is 16.1. The topological polar surface area (TPSA) is 37.8 Å². The predicted octanol–water partition coefficient (Wildman–Crippen LogP) is 2.23. The van der Waals surface area contributed by atoms with Crippen molar-refractivity contribution in [2.24, 2.45) is 0 Å². The van der Waals surface area contributed by atoms with E-state index in [1.807, 2.05) is 27.0 Å². The lowest BCUT2D eigenvalue weighted by Gasteiger charge is -2.20. The second-order valence-electron chi connectivity index (χ2n) is 5.76. The third kappa shape index (κ3) is 2.08. The molecule has 14 heavy (non-hydrogen) atoms. The zero-order valence-corrected chi connectivity index (χ0v) is 9.93. The first-order valence-corrected chi connectivity index (χ1v) is 4.95. The Morgan fingerprint density at radius 1 is 1.14 bits per heavy atom. The Hall–Kier alpha value is -0.990. The van der Waals surface area contributed by atoms with E-state index < -0.39 is 0 Å². The summed E-state index contributed by atoms with van der Waals surface area (Å²) in [5.41, 5.74) is 0.798. The number of hydrogen-bond donors (Lipinski definition) is 1. The van der Waals surface area contributed by atoms with Crippen molar-refractivity contribution < 1.29 is 0 Å². The van der Waals surface area contributed by atoms with Crippen LogP contribution in [0.15, 0.2) is 11.0 Å². The number of aromatic amines is 1. The van der Waals surface area contributed by atoms with E-state index >= 15 is 0 Å². The van der Waals surface area contributed by atoms with E-state index in [1.165, 1.54) is 0 Å². The van der Waals surface area contributed by atoms with Crippen LogP contribution in [0.3, 0.4) is 0 Å². The molecule has 0 spiro atoms. The molecule has 1 heterocycles. The summed E-state index contributed by atoms with van der Waals surface area (Å²) in [6, 6.07) is 0. The van der Waals surface area contributed by atoms with Gasteiger partial charge in [0.25, 0.3) is 0 Å². The van der Waals surface area contributed by atoms with Crippen LogP contribution in [0.5, 0.6) is 0 Å². The molecule has 0 unspecified atom stereocenters. The largest absolute Gasteiger partial charge is 0.326 e. The third-order valence-corrected chi connectivity index (χ3v) is 2.25. The molecule has 0 amide bonds. The fraction of sp³-hybridized carbons (Fsp3) is 0.727. The molecule has 0 aromatic carbocycles. The molecule has 0 saturated carbocycles. The molecule has 0 atom stereocenters. The lowest BCUT2D eigenvalue weighted by Crippen LogP contribution is -2.31. The van der Waals surface area contributed by atoms with Gasteiger partial charge in [-0.2, -0.15) is 0 Å². The predicted molar refractivity (Wildman–Crippen MR) is 58.7 cm³/mol. The molecule has 0 saturated heterocycles. The quantitative estimate of drug-likeness (QED) is 0.679. The summed E-state index contributed by atoms with van der Waals surface area (Å²) in [6.07, 6.45) is 1.92. The van der Waals surface area contributed by atoms with Crippen molar-refractivity contribution in [2.45, 2.75) is 52.5 Å². The van der Waals surface area contributed by atoms with Gasteiger partial charge < -0.3 is 4.98 Å². The maximum absolute atomic E-state index is 11.6. The van der Waals surface area contributed by atoms with E-state index in [4.69, 9.17) is 0 Å². The van der Waals surface area contributed by atoms with E-state index in [0.717, 1.165) is 5.69 Å². The first kappa shape index (κ1) is 11.1. The molecule has 3 nitrogen and oxygen atoms in total. The number of nitrogens with zero attached hydrogens (tertiary/aromatic N) is 1. The van der Waals surface area contributed by atoms with Crippen molar-refractivity contribution in [3.8, 4) is 0 Å². The summed E-state index contributed by atoms with van der Waals surface area (Å²) in [6.45, 7) is 12.3. The fourth-order valence-corrected chi connectivity index (χ4v) is 1.27. The van der Waals surface area contributed by atoms with Crippen LogP contribution >= 0.6 is 0 Å². The van der Waals surface area contributed by atoms with Crippen LogP contribution in [0, 0.1) is 0 Å². The van der Waals surface area contributed by atoms with Crippen molar-refractivity contribution in [3.63, 3.8) is 0 Å². The second kappa shape index (κ2) is 3.01. The molecule has 1 aromatic heterocycles. The molecule has 0 bridgehead atoms. The first-order valence-electron chi connectivity index (χ1n) is 4.95. The minimum absolute atomic E-state index is 0.00431. The Bertz CT molecular complexity index is 371. The zero-order valence-electron chi connectivity index (χ0n) is 9.93. The number of aromatic nitrogens is 2. The number of nitrogens with one attached hydrogen (secondary N) is 1. The van der Waals surface area contributed by atoms with Crippen molar-refractivity contribution in [2.75, 3.05) is 0 Å². The van der Waals surface area contributed by atoms with Gasteiger partial charge in [0.1, 0.15) is 0 Å². The van der Waals surface area contributed by atoms with Crippen molar-refractivity contribution in [1.82, 2.24) is 9.55 Å². The Labute approximate surface area is 85.2 Å². The van der Waals surface area contributed by atoms with Crippen molar-refractivity contribution in [1.29, 1.82) is 0 Å². The highest BCUT2D eigenvalue weighted by Crippen LogP contribution is 2.20. The molecule has 0 aliphatic carbocycles. The number of H-pyrrole nitrogens is 1. The number of rotatable bonds is 0. The Balaban J connectivity index is 3.26. The zero-order chi connectivity index (χ0) is 11.1. The molecular formula is C11H20N2O. The van der Waals surface area contributed by atoms with Crippen LogP contribution in [-0.2, 0) is 11.0 Å². The van der Waals surface area contributed by atoms with Gasteiger partial charge in [-0.1, -0.05) is 20.8 Å². The average molecular weight is 196 g/mol. The highest BCUT2D eigenvalue weighted by Gasteiger charge is 2.22. The van der Waals surface area contributed by atoms with Gasteiger partial charge in [-0.05, 0) is 20.8 Å². The summed E-state index contributed by atoms with van der Waals surface area (Å²) in [5, 5.41) is 0. The second-order valence-corrected chi connectivity index (χ2v) is 5.76. The molecular weight excluding hydrogens is 176 g/mol. The van der Waals surface area contributed by atoms with Crippen LogP contribution in [0.25, 0.3) is 0 Å². The van der Waals surface area contributed by atoms with Crippen LogP contribution in [0.4, 0.5) is 0 Å². The third-order valence-electron chi connectivity index (χ3n) is 2.25. The fourth-order valence-electron chi connectivity index (χ4n) is 1.27. The van der Waals surface area contributed by atoms with E-state index in [2.05, 4.69) is 25.8 Å². The smallest absolute Gasteiger partial charge is 0.309 e.